The van der Waals surface area contributed by atoms with Crippen molar-refractivity contribution in [1.29, 1.82) is 0 Å². The lowest BCUT2D eigenvalue weighted by Crippen LogP contribution is -2.18. The molecule has 0 saturated heterocycles. The summed E-state index contributed by atoms with van der Waals surface area (Å²) in [7, 11) is 0. The Balaban J connectivity index is 0.000000238. The van der Waals surface area contributed by atoms with E-state index in [0.29, 0.717) is 15.8 Å². The topological polar surface area (TPSA) is 76.0 Å². The Labute approximate surface area is 143 Å². The first-order valence-corrected chi connectivity index (χ1v) is 7.35. The molecule has 1 N–H and O–H groups in total. The second-order valence-electron chi connectivity index (χ2n) is 4.81. The summed E-state index contributed by atoms with van der Waals surface area (Å²) in [6.07, 6.45) is 10.1. The average molecular weight is 356 g/mol. The third-order valence-corrected chi connectivity index (χ3v) is 3.31. The van der Waals surface area contributed by atoms with Gasteiger partial charge in [0.25, 0.3) is 0 Å². The molecule has 0 fully saturated rings. The van der Waals surface area contributed by atoms with Crippen LogP contribution in [0.4, 0.5) is 0 Å². The van der Waals surface area contributed by atoms with Crippen molar-refractivity contribution >= 4 is 35.3 Å². The predicted molar refractivity (Wildman–Crippen MR) is 89.0 cm³/mol. The van der Waals surface area contributed by atoms with Crippen LogP contribution in [0.2, 0.25) is 10.0 Å². The maximum atomic E-state index is 10.2. The molecule has 0 aromatic heterocycles. The van der Waals surface area contributed by atoms with Gasteiger partial charge < -0.3 is 9.84 Å². The van der Waals surface area contributed by atoms with Gasteiger partial charge in [-0.3, -0.25) is 0 Å². The number of aliphatic carboxylic acids is 1. The lowest BCUT2D eigenvalue weighted by molar-refractivity contribution is -0.139. The molecule has 1 aliphatic carbocycles. The van der Waals surface area contributed by atoms with Crippen molar-refractivity contribution in [2.45, 2.75) is 18.9 Å². The highest BCUT2D eigenvalue weighted by atomic mass is 35.5. The number of carboxylic acids is 1. The minimum absolute atomic E-state index is 0.300. The number of allylic oxidation sites excluding steroid dienone is 2. The Hall–Kier alpha value is -2.07. The smallest absolute Gasteiger partial charge is 0.341 e. The van der Waals surface area contributed by atoms with E-state index in [1.807, 2.05) is 31.2 Å². The van der Waals surface area contributed by atoms with Gasteiger partial charge in [-0.05, 0) is 31.5 Å². The summed E-state index contributed by atoms with van der Waals surface area (Å²) in [5.74, 6) is -0.737. The number of aliphatic imine (C=N–C) groups is 1. The second kappa shape index (κ2) is 9.16. The Morgan fingerprint density at radius 2 is 2.17 bits per heavy atom. The first kappa shape index (κ1) is 19.0. The lowest BCUT2D eigenvalue weighted by Gasteiger charge is -2.18. The summed E-state index contributed by atoms with van der Waals surface area (Å²) in [4.78, 5) is 23.8. The number of benzene rings is 1. The summed E-state index contributed by atoms with van der Waals surface area (Å²) >= 11 is 11.3. The van der Waals surface area contributed by atoms with Crippen molar-refractivity contribution in [1.82, 2.24) is 0 Å². The largest absolute Gasteiger partial charge is 0.480 e. The van der Waals surface area contributed by atoms with E-state index in [-0.39, 0.29) is 5.54 Å². The van der Waals surface area contributed by atoms with Gasteiger partial charge in [-0.2, -0.15) is 4.99 Å². The van der Waals surface area contributed by atoms with Gasteiger partial charge in [0.05, 0.1) is 10.6 Å². The molecule has 7 heteroatoms. The van der Waals surface area contributed by atoms with Crippen molar-refractivity contribution in [3.63, 3.8) is 0 Å². The second-order valence-corrected chi connectivity index (χ2v) is 5.65. The molecule has 0 radical (unpaired) electrons. The third-order valence-electron chi connectivity index (χ3n) is 2.78. The standard InChI is InChI=1S/C8H6Cl2O3.C8H9NO/c9-5-1-2-7(6(10)3-5)13-4-8(11)12;1-8(9-7-10)5-3-2-4-6-8/h1-3H,4H2,(H,11,12);2-5H,6H2,1H3. The van der Waals surface area contributed by atoms with Gasteiger partial charge >= 0.3 is 5.97 Å². The van der Waals surface area contributed by atoms with E-state index >= 15 is 0 Å². The summed E-state index contributed by atoms with van der Waals surface area (Å²) in [6, 6.07) is 4.58. The van der Waals surface area contributed by atoms with Gasteiger partial charge in [-0.15, -0.1) is 0 Å². The zero-order valence-electron chi connectivity index (χ0n) is 12.3. The van der Waals surface area contributed by atoms with Crippen LogP contribution in [-0.4, -0.2) is 29.3 Å². The van der Waals surface area contributed by atoms with Crippen LogP contribution < -0.4 is 4.74 Å². The number of halogens is 2. The lowest BCUT2D eigenvalue weighted by atomic mass is 9.95. The van der Waals surface area contributed by atoms with E-state index in [2.05, 4.69) is 4.99 Å². The fourth-order valence-corrected chi connectivity index (χ4v) is 2.10. The molecule has 1 aromatic rings. The molecule has 2 rings (SSSR count). The molecular weight excluding hydrogens is 341 g/mol. The van der Waals surface area contributed by atoms with Crippen LogP contribution in [0.25, 0.3) is 0 Å². The summed E-state index contributed by atoms with van der Waals surface area (Å²) in [6.45, 7) is 1.49. The van der Waals surface area contributed by atoms with E-state index in [4.69, 9.17) is 33.0 Å². The number of hydrogen-bond donors (Lipinski definition) is 1. The Kier molecular flexibility index (Phi) is 7.55. The van der Waals surface area contributed by atoms with Gasteiger partial charge in [-0.1, -0.05) is 47.5 Å². The van der Waals surface area contributed by atoms with Crippen LogP contribution in [0.5, 0.6) is 5.75 Å². The zero-order chi connectivity index (χ0) is 17.3. The molecular formula is C16H15Cl2NO4. The Bertz CT molecular complexity index is 666. The highest BCUT2D eigenvalue weighted by molar-refractivity contribution is 6.35. The van der Waals surface area contributed by atoms with E-state index in [0.717, 1.165) is 6.42 Å². The van der Waals surface area contributed by atoms with Gasteiger partial charge in [0.15, 0.2) is 6.61 Å². The van der Waals surface area contributed by atoms with Crippen LogP contribution in [0, 0.1) is 0 Å². The number of nitrogens with zero attached hydrogens (tertiary/aromatic N) is 1. The number of carbonyl (C=O) groups is 1. The van der Waals surface area contributed by atoms with Crippen LogP contribution in [0.1, 0.15) is 13.3 Å². The van der Waals surface area contributed by atoms with Crippen LogP contribution in [0.3, 0.4) is 0 Å². The van der Waals surface area contributed by atoms with Crippen LogP contribution >= 0.6 is 23.2 Å². The molecule has 122 valence electrons. The minimum Gasteiger partial charge on any atom is -0.480 e. The van der Waals surface area contributed by atoms with E-state index in [1.54, 1.807) is 12.1 Å². The summed E-state index contributed by atoms with van der Waals surface area (Å²) in [5, 5.41) is 9.11. The molecule has 5 nitrogen and oxygen atoms in total. The highest BCUT2D eigenvalue weighted by Crippen LogP contribution is 2.27. The van der Waals surface area contributed by atoms with Crippen molar-refractivity contribution in [3.8, 4) is 5.75 Å². The molecule has 0 spiro atoms. The number of isocyanates is 1. The maximum Gasteiger partial charge on any atom is 0.341 e. The quantitative estimate of drug-likeness (QED) is 0.652. The third kappa shape index (κ3) is 7.15. The molecule has 0 amide bonds. The monoisotopic (exact) mass is 355 g/mol. The number of rotatable bonds is 4. The molecule has 0 saturated carbocycles. The fourth-order valence-electron chi connectivity index (χ4n) is 1.64. The molecule has 1 atom stereocenters. The van der Waals surface area contributed by atoms with E-state index < -0.39 is 12.6 Å². The van der Waals surface area contributed by atoms with Crippen molar-refractivity contribution in [3.05, 3.63) is 52.5 Å². The van der Waals surface area contributed by atoms with E-state index in [1.165, 1.54) is 12.1 Å². The molecule has 23 heavy (non-hydrogen) atoms. The van der Waals surface area contributed by atoms with E-state index in [9.17, 15) is 9.59 Å². The maximum absolute atomic E-state index is 10.2. The molecule has 1 unspecified atom stereocenters. The summed E-state index contributed by atoms with van der Waals surface area (Å²) in [5.41, 5.74) is -0.337. The summed E-state index contributed by atoms with van der Waals surface area (Å²) < 4.78 is 4.86. The molecule has 0 heterocycles. The molecule has 1 aromatic carbocycles. The SMILES string of the molecule is CC1(N=C=O)C=CC=CC1.O=C(O)COc1ccc(Cl)cc1Cl. The van der Waals surface area contributed by atoms with Crippen molar-refractivity contribution in [2.75, 3.05) is 6.61 Å². The zero-order valence-corrected chi connectivity index (χ0v) is 13.8. The normalized spacial score (nSPS) is 18.4. The van der Waals surface area contributed by atoms with Gasteiger partial charge in [-0.25, -0.2) is 9.59 Å². The number of ether oxygens (including phenoxy) is 1. The fraction of sp³-hybridized carbons (Fsp3) is 0.250. The predicted octanol–water partition coefficient (Wildman–Crippen LogP) is 4.05. The van der Waals surface area contributed by atoms with Gasteiger partial charge in [0.1, 0.15) is 5.75 Å². The molecule has 0 bridgehead atoms. The number of carboxylic acid groups (broad SMARTS) is 1. The number of hydrogen-bond acceptors (Lipinski definition) is 4. The Morgan fingerprint density at radius 3 is 2.70 bits per heavy atom. The number of carbonyl (C=O) groups excluding carboxylic acids is 1. The van der Waals surface area contributed by atoms with Gasteiger partial charge in [0.2, 0.25) is 6.08 Å². The Morgan fingerprint density at radius 1 is 1.43 bits per heavy atom. The molecule has 0 aliphatic heterocycles. The first-order valence-electron chi connectivity index (χ1n) is 6.59. The van der Waals surface area contributed by atoms with Gasteiger partial charge in [0, 0.05) is 5.02 Å². The average Bonchev–Trinajstić information content (AvgIpc) is 2.47. The first-order chi connectivity index (χ1) is 10.9. The van der Waals surface area contributed by atoms with Crippen molar-refractivity contribution < 1.29 is 19.4 Å². The highest BCUT2D eigenvalue weighted by Gasteiger charge is 2.18. The van der Waals surface area contributed by atoms with Crippen LogP contribution in [0.15, 0.2) is 47.5 Å². The molecule has 1 aliphatic rings. The van der Waals surface area contributed by atoms with Crippen molar-refractivity contribution in [2.24, 2.45) is 4.99 Å². The van der Waals surface area contributed by atoms with Crippen LogP contribution in [-0.2, 0) is 9.59 Å². The minimum atomic E-state index is -1.05.